The molecule has 1 aliphatic rings. The molecule has 1 aromatic rings. The summed E-state index contributed by atoms with van der Waals surface area (Å²) in [7, 11) is 0. The van der Waals surface area contributed by atoms with Gasteiger partial charge in [0.05, 0.1) is 18.9 Å². The topological polar surface area (TPSA) is 64.8 Å². The van der Waals surface area contributed by atoms with Crippen molar-refractivity contribution < 1.29 is 14.3 Å². The first-order valence-corrected chi connectivity index (χ1v) is 6.01. The summed E-state index contributed by atoms with van der Waals surface area (Å²) in [5.41, 5.74) is 7.44. The molecule has 1 heterocycles. The van der Waals surface area contributed by atoms with Gasteiger partial charge in [-0.25, -0.2) is 0 Å². The zero-order valence-electron chi connectivity index (χ0n) is 10.5. The van der Waals surface area contributed by atoms with Gasteiger partial charge in [-0.2, -0.15) is 0 Å². The Labute approximate surface area is 106 Å². The molecule has 2 rings (SSSR count). The molecular weight excluding hydrogens is 232 g/mol. The zero-order chi connectivity index (χ0) is 13.0. The average molecular weight is 250 g/mol. The second-order valence-corrected chi connectivity index (χ2v) is 4.32. The first-order valence-electron chi connectivity index (χ1n) is 6.01. The summed E-state index contributed by atoms with van der Waals surface area (Å²) in [6.07, 6.45) is 0. The Kier molecular flexibility index (Phi) is 4.04. The van der Waals surface area contributed by atoms with Crippen molar-refractivity contribution in [3.63, 3.8) is 0 Å². The van der Waals surface area contributed by atoms with Gasteiger partial charge in [0.25, 0.3) is 5.91 Å². The molecular formula is C13H18N2O3. The molecule has 5 nitrogen and oxygen atoms in total. The van der Waals surface area contributed by atoms with Crippen LogP contribution < -0.4 is 10.5 Å². The summed E-state index contributed by atoms with van der Waals surface area (Å²) in [6.45, 7) is 4.43. The van der Waals surface area contributed by atoms with Crippen LogP contribution in [0.15, 0.2) is 18.2 Å². The van der Waals surface area contributed by atoms with E-state index >= 15 is 0 Å². The molecule has 2 N–H and O–H groups in total. The third-order valence-corrected chi connectivity index (χ3v) is 2.88. The molecule has 18 heavy (non-hydrogen) atoms. The van der Waals surface area contributed by atoms with Crippen LogP contribution in [-0.2, 0) is 9.53 Å². The number of amides is 1. The minimum Gasteiger partial charge on any atom is -0.482 e. The van der Waals surface area contributed by atoms with E-state index in [2.05, 4.69) is 0 Å². The summed E-state index contributed by atoms with van der Waals surface area (Å²) in [4.78, 5) is 13.6. The molecule has 98 valence electrons. The van der Waals surface area contributed by atoms with Gasteiger partial charge in [0, 0.05) is 13.1 Å². The normalized spacial score (nSPS) is 15.5. The number of morpholine rings is 1. The van der Waals surface area contributed by atoms with Crippen LogP contribution in [-0.4, -0.2) is 43.7 Å². The Morgan fingerprint density at radius 1 is 1.44 bits per heavy atom. The van der Waals surface area contributed by atoms with Crippen LogP contribution in [0.4, 0.5) is 5.69 Å². The molecule has 5 heteroatoms. The van der Waals surface area contributed by atoms with Crippen molar-refractivity contribution in [2.24, 2.45) is 0 Å². The summed E-state index contributed by atoms with van der Waals surface area (Å²) >= 11 is 0. The molecule has 0 aromatic heterocycles. The number of aryl methyl sites for hydroxylation is 1. The summed E-state index contributed by atoms with van der Waals surface area (Å²) in [5.74, 6) is 0.528. The predicted octanol–water partition coefficient (Wildman–Crippen LogP) is 0.815. The van der Waals surface area contributed by atoms with Crippen LogP contribution in [0.1, 0.15) is 5.56 Å². The number of anilines is 1. The maximum Gasteiger partial charge on any atom is 0.260 e. The molecule has 1 aromatic carbocycles. The van der Waals surface area contributed by atoms with Crippen LogP contribution in [0.5, 0.6) is 5.75 Å². The largest absolute Gasteiger partial charge is 0.482 e. The van der Waals surface area contributed by atoms with Gasteiger partial charge in [-0.15, -0.1) is 0 Å². The summed E-state index contributed by atoms with van der Waals surface area (Å²) in [6, 6.07) is 5.52. The molecule has 0 spiro atoms. The van der Waals surface area contributed by atoms with Crippen molar-refractivity contribution in [2.75, 3.05) is 38.6 Å². The second-order valence-electron chi connectivity index (χ2n) is 4.32. The molecule has 1 fully saturated rings. The van der Waals surface area contributed by atoms with E-state index in [4.69, 9.17) is 15.2 Å². The van der Waals surface area contributed by atoms with E-state index in [1.165, 1.54) is 0 Å². The Morgan fingerprint density at radius 3 is 2.83 bits per heavy atom. The molecule has 0 unspecified atom stereocenters. The van der Waals surface area contributed by atoms with Gasteiger partial charge in [-0.1, -0.05) is 6.07 Å². The van der Waals surface area contributed by atoms with E-state index < -0.39 is 0 Å². The number of nitrogens with two attached hydrogens (primary N) is 1. The Balaban J connectivity index is 1.88. The lowest BCUT2D eigenvalue weighted by Gasteiger charge is -2.26. The number of ether oxygens (including phenoxy) is 2. The smallest absolute Gasteiger partial charge is 0.260 e. The maximum atomic E-state index is 11.9. The fourth-order valence-electron chi connectivity index (χ4n) is 1.84. The van der Waals surface area contributed by atoms with Crippen molar-refractivity contribution in [1.29, 1.82) is 0 Å². The highest BCUT2D eigenvalue weighted by atomic mass is 16.5. The van der Waals surface area contributed by atoms with Crippen LogP contribution in [0.2, 0.25) is 0 Å². The lowest BCUT2D eigenvalue weighted by atomic mass is 10.2. The maximum absolute atomic E-state index is 11.9. The molecule has 0 aliphatic carbocycles. The molecule has 0 saturated carbocycles. The molecule has 1 saturated heterocycles. The number of nitrogen functional groups attached to an aromatic ring is 1. The number of hydrogen-bond donors (Lipinski definition) is 1. The summed E-state index contributed by atoms with van der Waals surface area (Å²) < 4.78 is 10.6. The van der Waals surface area contributed by atoms with Crippen molar-refractivity contribution in [3.8, 4) is 5.75 Å². The van der Waals surface area contributed by atoms with Crippen molar-refractivity contribution in [1.82, 2.24) is 4.90 Å². The van der Waals surface area contributed by atoms with Gasteiger partial charge >= 0.3 is 0 Å². The van der Waals surface area contributed by atoms with Crippen molar-refractivity contribution in [3.05, 3.63) is 23.8 Å². The minimum atomic E-state index is -0.0294. The highest BCUT2D eigenvalue weighted by Crippen LogP contribution is 2.22. The fraction of sp³-hybridized carbons (Fsp3) is 0.462. The number of benzene rings is 1. The first-order chi connectivity index (χ1) is 8.66. The quantitative estimate of drug-likeness (QED) is 0.806. The zero-order valence-corrected chi connectivity index (χ0v) is 10.5. The van der Waals surface area contributed by atoms with Crippen LogP contribution in [0, 0.1) is 6.92 Å². The molecule has 0 bridgehead atoms. The highest BCUT2D eigenvalue weighted by Gasteiger charge is 2.17. The number of carbonyl (C=O) groups is 1. The van der Waals surface area contributed by atoms with Gasteiger partial charge in [0.2, 0.25) is 0 Å². The Bertz CT molecular complexity index is 428. The van der Waals surface area contributed by atoms with Crippen molar-refractivity contribution >= 4 is 11.6 Å². The lowest BCUT2D eigenvalue weighted by molar-refractivity contribution is -0.137. The van der Waals surface area contributed by atoms with Crippen LogP contribution in [0.3, 0.4) is 0 Å². The third-order valence-electron chi connectivity index (χ3n) is 2.88. The summed E-state index contributed by atoms with van der Waals surface area (Å²) in [5, 5.41) is 0. The van der Waals surface area contributed by atoms with E-state index in [0.29, 0.717) is 37.7 Å². The van der Waals surface area contributed by atoms with Gasteiger partial charge in [-0.3, -0.25) is 4.79 Å². The minimum absolute atomic E-state index is 0.0211. The first kappa shape index (κ1) is 12.7. The van der Waals surface area contributed by atoms with Gasteiger partial charge in [0.1, 0.15) is 5.75 Å². The van der Waals surface area contributed by atoms with E-state index in [-0.39, 0.29) is 12.5 Å². The van der Waals surface area contributed by atoms with Crippen molar-refractivity contribution in [2.45, 2.75) is 6.92 Å². The van der Waals surface area contributed by atoms with Crippen LogP contribution in [0.25, 0.3) is 0 Å². The van der Waals surface area contributed by atoms with Gasteiger partial charge in [0.15, 0.2) is 6.61 Å². The standard InChI is InChI=1S/C13H18N2O3/c1-10-2-3-12(11(14)8-10)18-9-13(16)15-4-6-17-7-5-15/h2-3,8H,4-7,9,14H2,1H3. The van der Waals surface area contributed by atoms with E-state index in [1.807, 2.05) is 19.1 Å². The Morgan fingerprint density at radius 2 is 2.17 bits per heavy atom. The average Bonchev–Trinajstić information content (AvgIpc) is 2.38. The highest BCUT2D eigenvalue weighted by molar-refractivity contribution is 5.78. The number of carbonyl (C=O) groups excluding carboxylic acids is 1. The lowest BCUT2D eigenvalue weighted by Crippen LogP contribution is -2.43. The molecule has 0 radical (unpaired) electrons. The monoisotopic (exact) mass is 250 g/mol. The van der Waals surface area contributed by atoms with Gasteiger partial charge < -0.3 is 20.1 Å². The SMILES string of the molecule is Cc1ccc(OCC(=O)N2CCOCC2)c(N)c1. The number of nitrogens with zero attached hydrogens (tertiary/aromatic N) is 1. The van der Waals surface area contributed by atoms with E-state index in [9.17, 15) is 4.79 Å². The molecule has 0 atom stereocenters. The van der Waals surface area contributed by atoms with E-state index in [1.54, 1.807) is 11.0 Å². The molecule has 1 aliphatic heterocycles. The van der Waals surface area contributed by atoms with Crippen LogP contribution >= 0.6 is 0 Å². The number of hydrogen-bond acceptors (Lipinski definition) is 4. The molecule has 1 amide bonds. The van der Waals surface area contributed by atoms with Gasteiger partial charge in [-0.05, 0) is 24.6 Å². The Hall–Kier alpha value is -1.75. The fourth-order valence-corrected chi connectivity index (χ4v) is 1.84. The second kappa shape index (κ2) is 5.73. The number of rotatable bonds is 3. The third kappa shape index (κ3) is 3.13. The predicted molar refractivity (Wildman–Crippen MR) is 68.5 cm³/mol. The van der Waals surface area contributed by atoms with E-state index in [0.717, 1.165) is 5.56 Å².